The van der Waals surface area contributed by atoms with Crippen LogP contribution in [0.15, 0.2) is 48.8 Å². The Morgan fingerprint density at radius 2 is 2.05 bits per heavy atom. The molecule has 4 rings (SSSR count). The number of piperidine rings is 1. The van der Waals surface area contributed by atoms with Gasteiger partial charge >= 0.3 is 0 Å². The molecule has 2 unspecified atom stereocenters. The van der Waals surface area contributed by atoms with Crippen LogP contribution in [0.2, 0.25) is 0 Å². The van der Waals surface area contributed by atoms with Gasteiger partial charge in [0.2, 0.25) is 0 Å². The van der Waals surface area contributed by atoms with Crippen LogP contribution in [0.3, 0.4) is 0 Å². The number of hydrogen-bond donors (Lipinski definition) is 1. The summed E-state index contributed by atoms with van der Waals surface area (Å²) in [7, 11) is 0. The SMILES string of the molecule is c1ccc2cc(C(C3CCCNC3)n3ncnn3)ccc2c1. The second kappa shape index (κ2) is 5.85. The van der Waals surface area contributed by atoms with Gasteiger partial charge in [-0.05, 0) is 52.9 Å². The van der Waals surface area contributed by atoms with Crippen LogP contribution in [0, 0.1) is 5.92 Å². The van der Waals surface area contributed by atoms with Gasteiger partial charge in [-0.3, -0.25) is 0 Å². The van der Waals surface area contributed by atoms with Gasteiger partial charge < -0.3 is 5.32 Å². The number of tetrazole rings is 1. The number of nitrogens with one attached hydrogen (secondary N) is 1. The zero-order valence-corrected chi connectivity index (χ0v) is 12.4. The Hall–Kier alpha value is -2.27. The average molecular weight is 293 g/mol. The smallest absolute Gasteiger partial charge is 0.162 e. The van der Waals surface area contributed by atoms with E-state index < -0.39 is 0 Å². The topological polar surface area (TPSA) is 55.6 Å². The van der Waals surface area contributed by atoms with Crippen molar-refractivity contribution in [2.24, 2.45) is 5.92 Å². The third-order valence-electron chi connectivity index (χ3n) is 4.51. The van der Waals surface area contributed by atoms with E-state index in [4.69, 9.17) is 0 Å². The van der Waals surface area contributed by atoms with Crippen molar-refractivity contribution in [1.82, 2.24) is 25.5 Å². The summed E-state index contributed by atoms with van der Waals surface area (Å²) in [5.74, 6) is 0.490. The second-order valence-corrected chi connectivity index (χ2v) is 5.91. The van der Waals surface area contributed by atoms with Crippen molar-refractivity contribution in [3.05, 3.63) is 54.4 Å². The largest absolute Gasteiger partial charge is 0.316 e. The van der Waals surface area contributed by atoms with Crippen molar-refractivity contribution < 1.29 is 0 Å². The minimum absolute atomic E-state index is 0.139. The first-order valence-corrected chi connectivity index (χ1v) is 7.84. The molecule has 2 atom stereocenters. The third-order valence-corrected chi connectivity index (χ3v) is 4.51. The minimum atomic E-state index is 0.139. The third kappa shape index (κ3) is 2.48. The minimum Gasteiger partial charge on any atom is -0.316 e. The maximum absolute atomic E-state index is 4.31. The highest BCUT2D eigenvalue weighted by atomic mass is 15.6. The zero-order chi connectivity index (χ0) is 14.8. The van der Waals surface area contributed by atoms with Gasteiger partial charge in [-0.15, -0.1) is 10.2 Å². The van der Waals surface area contributed by atoms with Gasteiger partial charge in [0, 0.05) is 6.54 Å². The highest BCUT2D eigenvalue weighted by Gasteiger charge is 2.28. The predicted octanol–water partition coefficient (Wildman–Crippen LogP) is 2.42. The average Bonchev–Trinajstić information content (AvgIpc) is 3.10. The number of aromatic nitrogens is 4. The number of fused-ring (bicyclic) bond motifs is 1. The van der Waals surface area contributed by atoms with Crippen molar-refractivity contribution in [2.75, 3.05) is 13.1 Å². The van der Waals surface area contributed by atoms with Crippen molar-refractivity contribution in [3.63, 3.8) is 0 Å². The molecular weight excluding hydrogens is 274 g/mol. The molecule has 0 bridgehead atoms. The summed E-state index contributed by atoms with van der Waals surface area (Å²) in [4.78, 5) is 1.77. The van der Waals surface area contributed by atoms with Gasteiger partial charge in [0.1, 0.15) is 6.04 Å². The van der Waals surface area contributed by atoms with E-state index in [1.54, 1.807) is 4.80 Å². The quantitative estimate of drug-likeness (QED) is 0.806. The maximum Gasteiger partial charge on any atom is 0.162 e. The summed E-state index contributed by atoms with van der Waals surface area (Å²) in [5.41, 5.74) is 1.26. The fraction of sp³-hybridized carbons (Fsp3) is 0.353. The van der Waals surface area contributed by atoms with Gasteiger partial charge in [-0.1, -0.05) is 36.4 Å². The zero-order valence-electron chi connectivity index (χ0n) is 12.4. The molecular formula is C17H19N5. The van der Waals surface area contributed by atoms with Gasteiger partial charge in [0.15, 0.2) is 6.33 Å². The molecule has 0 aliphatic carbocycles. The number of nitrogens with zero attached hydrogens (tertiary/aromatic N) is 4. The Morgan fingerprint density at radius 1 is 1.14 bits per heavy atom. The van der Waals surface area contributed by atoms with E-state index in [-0.39, 0.29) is 6.04 Å². The maximum atomic E-state index is 4.31. The molecule has 2 aromatic carbocycles. The molecule has 112 valence electrons. The van der Waals surface area contributed by atoms with Crippen LogP contribution in [0.4, 0.5) is 0 Å². The highest BCUT2D eigenvalue weighted by molar-refractivity contribution is 5.83. The molecule has 1 saturated heterocycles. The summed E-state index contributed by atoms with van der Waals surface area (Å²) >= 11 is 0. The van der Waals surface area contributed by atoms with Crippen LogP contribution in [-0.4, -0.2) is 33.3 Å². The summed E-state index contributed by atoms with van der Waals surface area (Å²) in [6.07, 6.45) is 3.90. The molecule has 5 heteroatoms. The summed E-state index contributed by atoms with van der Waals surface area (Å²) in [6, 6.07) is 15.2. The van der Waals surface area contributed by atoms with E-state index in [9.17, 15) is 0 Å². The Balaban J connectivity index is 1.78. The van der Waals surface area contributed by atoms with Crippen LogP contribution < -0.4 is 5.32 Å². The van der Waals surface area contributed by atoms with Crippen LogP contribution in [-0.2, 0) is 0 Å². The monoisotopic (exact) mass is 293 g/mol. The van der Waals surface area contributed by atoms with Crippen LogP contribution >= 0.6 is 0 Å². The second-order valence-electron chi connectivity index (χ2n) is 5.91. The standard InChI is InChI=1S/C17H19N5/c1-2-5-14-10-15(8-7-13(14)4-1)17(22-20-12-19-21-22)16-6-3-9-18-11-16/h1-2,4-5,7-8,10,12,16-18H,3,6,9,11H2. The fourth-order valence-electron chi connectivity index (χ4n) is 3.44. The van der Waals surface area contributed by atoms with Crippen molar-refractivity contribution in [1.29, 1.82) is 0 Å². The Morgan fingerprint density at radius 3 is 2.82 bits per heavy atom. The lowest BCUT2D eigenvalue weighted by Crippen LogP contribution is -2.36. The van der Waals surface area contributed by atoms with Gasteiger partial charge in [-0.2, -0.15) is 4.80 Å². The van der Waals surface area contributed by atoms with Crippen molar-refractivity contribution in [3.8, 4) is 0 Å². The van der Waals surface area contributed by atoms with E-state index >= 15 is 0 Å². The van der Waals surface area contributed by atoms with E-state index in [1.165, 1.54) is 35.5 Å². The molecule has 0 spiro atoms. The molecule has 5 nitrogen and oxygen atoms in total. The first kappa shape index (κ1) is 13.4. The summed E-state index contributed by atoms with van der Waals surface area (Å²) < 4.78 is 0. The molecule has 0 saturated carbocycles. The van der Waals surface area contributed by atoms with Gasteiger partial charge in [0.05, 0.1) is 0 Å². The molecule has 0 radical (unpaired) electrons. The molecule has 1 N–H and O–H groups in total. The van der Waals surface area contributed by atoms with E-state index in [0.717, 1.165) is 13.1 Å². The molecule has 3 aromatic rings. The van der Waals surface area contributed by atoms with Crippen LogP contribution in [0.5, 0.6) is 0 Å². The number of rotatable bonds is 3. The predicted molar refractivity (Wildman–Crippen MR) is 85.5 cm³/mol. The molecule has 1 aliphatic heterocycles. The summed E-state index contributed by atoms with van der Waals surface area (Å²) in [6.45, 7) is 2.10. The van der Waals surface area contributed by atoms with Crippen molar-refractivity contribution >= 4 is 10.8 Å². The first-order chi connectivity index (χ1) is 10.9. The number of hydrogen-bond acceptors (Lipinski definition) is 4. The van der Waals surface area contributed by atoms with E-state index in [1.807, 2.05) is 0 Å². The Kier molecular flexibility index (Phi) is 3.56. The molecule has 22 heavy (non-hydrogen) atoms. The van der Waals surface area contributed by atoms with Crippen LogP contribution in [0.25, 0.3) is 10.8 Å². The lowest BCUT2D eigenvalue weighted by Gasteiger charge is -2.30. The first-order valence-electron chi connectivity index (χ1n) is 7.84. The van der Waals surface area contributed by atoms with Gasteiger partial charge in [0.25, 0.3) is 0 Å². The lowest BCUT2D eigenvalue weighted by molar-refractivity contribution is 0.261. The summed E-state index contributed by atoms with van der Waals surface area (Å²) in [5, 5.41) is 18.4. The molecule has 1 fully saturated rings. The van der Waals surface area contributed by atoms with Crippen molar-refractivity contribution in [2.45, 2.75) is 18.9 Å². The highest BCUT2D eigenvalue weighted by Crippen LogP contribution is 2.31. The lowest BCUT2D eigenvalue weighted by atomic mass is 9.87. The van der Waals surface area contributed by atoms with Gasteiger partial charge in [-0.25, -0.2) is 0 Å². The fourth-order valence-corrected chi connectivity index (χ4v) is 3.44. The Labute approximate surface area is 129 Å². The molecule has 1 aliphatic rings. The van der Waals surface area contributed by atoms with E-state index in [2.05, 4.69) is 63.2 Å². The van der Waals surface area contributed by atoms with E-state index in [0.29, 0.717) is 5.92 Å². The Bertz CT molecular complexity index is 747. The number of benzene rings is 2. The molecule has 2 heterocycles. The molecule has 0 amide bonds. The normalized spacial score (nSPS) is 20.1. The van der Waals surface area contributed by atoms with Crippen LogP contribution in [0.1, 0.15) is 24.4 Å². The molecule has 1 aromatic heterocycles.